The van der Waals surface area contributed by atoms with Gasteiger partial charge in [-0.05, 0) is 24.6 Å². The van der Waals surface area contributed by atoms with E-state index in [4.69, 9.17) is 20.8 Å². The third kappa shape index (κ3) is 5.55. The van der Waals surface area contributed by atoms with Crippen LogP contribution >= 0.6 is 11.6 Å². The van der Waals surface area contributed by atoms with Crippen LogP contribution in [0, 0.1) is 0 Å². The average molecular weight is 395 g/mol. The van der Waals surface area contributed by atoms with Gasteiger partial charge in [0, 0.05) is 24.7 Å². The Balaban J connectivity index is 1.98. The number of nitrogens with one attached hydrogen (secondary N) is 1. The molecule has 2 rings (SSSR count). The van der Waals surface area contributed by atoms with E-state index in [0.29, 0.717) is 11.6 Å². The second-order valence-electron chi connectivity index (χ2n) is 5.79. The Bertz CT molecular complexity index is 924. The molecular formula is C18H19ClN2O6. The first-order valence-electron chi connectivity index (χ1n) is 8.23. The van der Waals surface area contributed by atoms with Crippen molar-refractivity contribution in [3.63, 3.8) is 0 Å². The fourth-order valence-corrected chi connectivity index (χ4v) is 2.33. The molecule has 0 spiro atoms. The van der Waals surface area contributed by atoms with Crippen molar-refractivity contribution < 1.29 is 23.5 Å². The summed E-state index contributed by atoms with van der Waals surface area (Å²) in [5.74, 6) is -2.16. The van der Waals surface area contributed by atoms with Gasteiger partial charge in [0.05, 0.1) is 11.9 Å². The molecule has 2 amide bonds. The summed E-state index contributed by atoms with van der Waals surface area (Å²) in [5.41, 5.74) is -0.281. The second-order valence-corrected chi connectivity index (χ2v) is 6.23. The summed E-state index contributed by atoms with van der Waals surface area (Å²) in [6.45, 7) is 1.69. The monoisotopic (exact) mass is 394 g/mol. The van der Waals surface area contributed by atoms with Gasteiger partial charge in [0.25, 0.3) is 5.91 Å². The maximum absolute atomic E-state index is 12.1. The van der Waals surface area contributed by atoms with Crippen molar-refractivity contribution >= 4 is 40.4 Å². The third-order valence-electron chi connectivity index (χ3n) is 3.60. The SMILES string of the molecule is CCCNC(=O)CN(C)C(=O)COC(=O)c1cc(=O)c2cc(Cl)ccc2o1. The number of amides is 2. The van der Waals surface area contributed by atoms with Crippen LogP contribution in [0.15, 0.2) is 33.5 Å². The smallest absolute Gasteiger partial charge is 0.374 e. The predicted octanol–water partition coefficient (Wildman–Crippen LogP) is 1.59. The van der Waals surface area contributed by atoms with Gasteiger partial charge < -0.3 is 19.4 Å². The van der Waals surface area contributed by atoms with Gasteiger partial charge in [0.15, 0.2) is 12.0 Å². The first-order chi connectivity index (χ1) is 12.8. The van der Waals surface area contributed by atoms with Gasteiger partial charge in [-0.1, -0.05) is 18.5 Å². The van der Waals surface area contributed by atoms with Crippen molar-refractivity contribution in [2.24, 2.45) is 0 Å². The van der Waals surface area contributed by atoms with Crippen LogP contribution in [-0.2, 0) is 14.3 Å². The molecule has 1 aromatic carbocycles. The summed E-state index contributed by atoms with van der Waals surface area (Å²) in [6, 6.07) is 5.39. The number of fused-ring (bicyclic) bond motifs is 1. The molecule has 2 aromatic rings. The number of rotatable bonds is 7. The van der Waals surface area contributed by atoms with E-state index in [1.54, 1.807) is 0 Å². The zero-order valence-electron chi connectivity index (χ0n) is 14.9. The number of halogens is 1. The number of hydrogen-bond donors (Lipinski definition) is 1. The van der Waals surface area contributed by atoms with E-state index in [0.717, 1.165) is 17.4 Å². The number of esters is 1. The summed E-state index contributed by atoms with van der Waals surface area (Å²) in [5, 5.41) is 3.23. The standard InChI is InChI=1S/C18H19ClN2O6/c1-3-6-20-16(23)9-21(2)17(24)10-26-18(25)15-8-13(22)12-7-11(19)4-5-14(12)27-15/h4-5,7-8H,3,6,9-10H2,1-2H3,(H,20,23). The van der Waals surface area contributed by atoms with Crippen LogP contribution < -0.4 is 10.7 Å². The largest absolute Gasteiger partial charge is 0.450 e. The van der Waals surface area contributed by atoms with Crippen molar-refractivity contribution in [2.45, 2.75) is 13.3 Å². The van der Waals surface area contributed by atoms with Gasteiger partial charge >= 0.3 is 5.97 Å². The maximum Gasteiger partial charge on any atom is 0.374 e. The Hall–Kier alpha value is -2.87. The van der Waals surface area contributed by atoms with E-state index < -0.39 is 23.9 Å². The highest BCUT2D eigenvalue weighted by Gasteiger charge is 2.18. The van der Waals surface area contributed by atoms with Crippen molar-refractivity contribution in [1.29, 1.82) is 0 Å². The van der Waals surface area contributed by atoms with Crippen LogP contribution in [-0.4, -0.2) is 49.4 Å². The molecule has 0 saturated heterocycles. The molecule has 0 bridgehead atoms. The van der Waals surface area contributed by atoms with Gasteiger partial charge in [0.1, 0.15) is 5.58 Å². The highest BCUT2D eigenvalue weighted by atomic mass is 35.5. The molecule has 0 radical (unpaired) electrons. The zero-order valence-corrected chi connectivity index (χ0v) is 15.7. The normalized spacial score (nSPS) is 10.5. The molecule has 0 saturated carbocycles. The summed E-state index contributed by atoms with van der Waals surface area (Å²) < 4.78 is 10.2. The number of carbonyl (C=O) groups excluding carboxylic acids is 3. The molecule has 0 aliphatic carbocycles. The average Bonchev–Trinajstić information content (AvgIpc) is 2.64. The van der Waals surface area contributed by atoms with Gasteiger partial charge in [-0.25, -0.2) is 4.79 Å². The minimum atomic E-state index is -0.957. The molecule has 0 aliphatic heterocycles. The number of nitrogens with zero attached hydrogens (tertiary/aromatic N) is 1. The summed E-state index contributed by atoms with van der Waals surface area (Å²) in [4.78, 5) is 48.8. The van der Waals surface area contributed by atoms with Crippen LogP contribution in [0.25, 0.3) is 11.0 Å². The van der Waals surface area contributed by atoms with E-state index in [2.05, 4.69) is 5.32 Å². The Morgan fingerprint density at radius 1 is 1.26 bits per heavy atom. The maximum atomic E-state index is 12.1. The third-order valence-corrected chi connectivity index (χ3v) is 3.83. The summed E-state index contributed by atoms with van der Waals surface area (Å²) >= 11 is 5.83. The van der Waals surface area contributed by atoms with Crippen LogP contribution in [0.3, 0.4) is 0 Å². The summed E-state index contributed by atoms with van der Waals surface area (Å²) in [6.07, 6.45) is 0.782. The fraction of sp³-hybridized carbons (Fsp3) is 0.333. The second kappa shape index (κ2) is 9.18. The van der Waals surface area contributed by atoms with Crippen LogP contribution in [0.1, 0.15) is 23.9 Å². The quantitative estimate of drug-likeness (QED) is 0.715. The van der Waals surface area contributed by atoms with E-state index in [1.807, 2.05) is 6.92 Å². The number of hydrogen-bond acceptors (Lipinski definition) is 6. The van der Waals surface area contributed by atoms with Crippen molar-refractivity contribution in [3.05, 3.63) is 45.3 Å². The lowest BCUT2D eigenvalue weighted by Crippen LogP contribution is -2.40. The van der Waals surface area contributed by atoms with Gasteiger partial charge in [0.2, 0.25) is 11.7 Å². The fourth-order valence-electron chi connectivity index (χ4n) is 2.16. The van der Waals surface area contributed by atoms with Crippen LogP contribution in [0.2, 0.25) is 5.02 Å². The van der Waals surface area contributed by atoms with Crippen LogP contribution in [0.4, 0.5) is 0 Å². The topological polar surface area (TPSA) is 106 Å². The number of carbonyl (C=O) groups is 3. The van der Waals surface area contributed by atoms with Gasteiger partial charge in [-0.15, -0.1) is 0 Å². The molecule has 0 aliphatic rings. The first kappa shape index (κ1) is 20.4. The van der Waals surface area contributed by atoms with Crippen LogP contribution in [0.5, 0.6) is 0 Å². The molecule has 1 N–H and O–H groups in total. The lowest BCUT2D eigenvalue weighted by Gasteiger charge is -2.16. The highest BCUT2D eigenvalue weighted by molar-refractivity contribution is 6.31. The lowest BCUT2D eigenvalue weighted by molar-refractivity contribution is -0.137. The number of ether oxygens (including phenoxy) is 1. The Morgan fingerprint density at radius 2 is 2.00 bits per heavy atom. The Morgan fingerprint density at radius 3 is 2.70 bits per heavy atom. The minimum Gasteiger partial charge on any atom is -0.450 e. The molecule has 27 heavy (non-hydrogen) atoms. The van der Waals surface area contributed by atoms with Crippen molar-refractivity contribution in [3.8, 4) is 0 Å². The molecule has 1 heterocycles. The molecule has 0 unspecified atom stereocenters. The Labute approximate surface area is 160 Å². The minimum absolute atomic E-state index is 0.151. The van der Waals surface area contributed by atoms with Gasteiger partial charge in [-0.3, -0.25) is 14.4 Å². The predicted molar refractivity (Wildman–Crippen MR) is 98.7 cm³/mol. The molecule has 8 nitrogen and oxygen atoms in total. The van der Waals surface area contributed by atoms with Crippen molar-refractivity contribution in [1.82, 2.24) is 10.2 Å². The molecule has 0 fully saturated rings. The lowest BCUT2D eigenvalue weighted by atomic mass is 10.2. The van der Waals surface area contributed by atoms with E-state index in [-0.39, 0.29) is 29.2 Å². The number of likely N-dealkylation sites (N-methyl/N-ethyl adjacent to an activating group) is 1. The summed E-state index contributed by atoms with van der Waals surface area (Å²) in [7, 11) is 1.42. The van der Waals surface area contributed by atoms with E-state index in [1.165, 1.54) is 25.2 Å². The van der Waals surface area contributed by atoms with E-state index >= 15 is 0 Å². The molecular weight excluding hydrogens is 376 g/mol. The highest BCUT2D eigenvalue weighted by Crippen LogP contribution is 2.18. The molecule has 9 heteroatoms. The molecule has 1 aromatic heterocycles. The zero-order chi connectivity index (χ0) is 20.0. The van der Waals surface area contributed by atoms with Gasteiger partial charge in [-0.2, -0.15) is 0 Å². The van der Waals surface area contributed by atoms with E-state index in [9.17, 15) is 19.2 Å². The van der Waals surface area contributed by atoms with Crippen molar-refractivity contribution in [2.75, 3.05) is 26.7 Å². The molecule has 0 atom stereocenters. The molecule has 144 valence electrons. The first-order valence-corrected chi connectivity index (χ1v) is 8.60. The number of benzene rings is 1. The Kier molecular flexibility index (Phi) is 6.95.